The van der Waals surface area contributed by atoms with Crippen LogP contribution < -0.4 is 5.56 Å². The molecule has 0 radical (unpaired) electrons. The van der Waals surface area contributed by atoms with Crippen LogP contribution in [-0.4, -0.2) is 45.5 Å². The van der Waals surface area contributed by atoms with Gasteiger partial charge < -0.3 is 14.5 Å². The van der Waals surface area contributed by atoms with Crippen LogP contribution in [0.15, 0.2) is 4.79 Å². The molecule has 1 aliphatic heterocycles. The van der Waals surface area contributed by atoms with E-state index in [0.717, 1.165) is 42.8 Å². The molecular weight excluding hydrogens is 458 g/mol. The summed E-state index contributed by atoms with van der Waals surface area (Å²) in [4.78, 5) is 59.2. The van der Waals surface area contributed by atoms with Crippen LogP contribution in [-0.2, 0) is 22.4 Å². The molecule has 0 saturated heterocycles. The third kappa shape index (κ3) is 4.18. The Hall–Kier alpha value is -3.27. The Morgan fingerprint density at radius 2 is 1.82 bits per heavy atom. The number of aromatic amines is 1. The van der Waals surface area contributed by atoms with Crippen LogP contribution in [0.2, 0.25) is 0 Å². The van der Waals surface area contributed by atoms with Crippen molar-refractivity contribution in [3.05, 3.63) is 49.1 Å². The Bertz CT molecular complexity index is 1360. The van der Waals surface area contributed by atoms with Crippen LogP contribution >= 0.6 is 11.3 Å². The number of fused-ring (bicyclic) bond motifs is 2. The van der Waals surface area contributed by atoms with Gasteiger partial charge in [-0.3, -0.25) is 14.2 Å². The first-order valence-corrected chi connectivity index (χ1v) is 12.2. The van der Waals surface area contributed by atoms with Gasteiger partial charge in [-0.1, -0.05) is 6.42 Å². The lowest BCUT2D eigenvalue weighted by Gasteiger charge is -2.08. The molecule has 0 atom stereocenters. The molecule has 0 spiro atoms. The first-order valence-electron chi connectivity index (χ1n) is 11.3. The molecule has 0 fully saturated rings. The topological polar surface area (TPSA) is 120 Å². The fourth-order valence-corrected chi connectivity index (χ4v) is 5.53. The molecule has 4 rings (SSSR count). The summed E-state index contributed by atoms with van der Waals surface area (Å²) in [6.45, 7) is 7.07. The Balaban J connectivity index is 1.56. The van der Waals surface area contributed by atoms with Crippen molar-refractivity contribution in [3.63, 3.8) is 0 Å². The SMILES string of the molecule is CCOC(=O)c1[nH]c(C)c(C(=O)COC(=O)c2sc3nc4n(c(=O)c3c2C)CCCCC4)c1C. The first kappa shape index (κ1) is 23.9. The number of ether oxygens (including phenoxy) is 2. The number of nitrogens with one attached hydrogen (secondary N) is 1. The highest BCUT2D eigenvalue weighted by Crippen LogP contribution is 2.29. The number of Topliss-reactive ketones (excluding diaryl/α,β-unsaturated/α-hetero) is 1. The van der Waals surface area contributed by atoms with E-state index in [2.05, 4.69) is 9.97 Å². The van der Waals surface area contributed by atoms with Gasteiger partial charge in [-0.25, -0.2) is 14.6 Å². The zero-order valence-corrected chi connectivity index (χ0v) is 20.5. The highest BCUT2D eigenvalue weighted by Gasteiger charge is 2.26. The summed E-state index contributed by atoms with van der Waals surface area (Å²) < 4.78 is 12.0. The fourth-order valence-electron chi connectivity index (χ4n) is 4.45. The predicted octanol–water partition coefficient (Wildman–Crippen LogP) is 3.65. The van der Waals surface area contributed by atoms with Crippen LogP contribution in [0, 0.1) is 20.8 Å². The van der Waals surface area contributed by atoms with E-state index in [1.165, 1.54) is 0 Å². The molecule has 3 aromatic heterocycles. The number of esters is 2. The van der Waals surface area contributed by atoms with Crippen LogP contribution in [0.3, 0.4) is 0 Å². The monoisotopic (exact) mass is 485 g/mol. The van der Waals surface area contributed by atoms with Crippen LogP contribution in [0.4, 0.5) is 0 Å². The molecule has 4 heterocycles. The lowest BCUT2D eigenvalue weighted by atomic mass is 10.1. The molecule has 3 aromatic rings. The molecule has 1 aliphatic rings. The van der Waals surface area contributed by atoms with E-state index in [1.807, 2.05) is 0 Å². The summed E-state index contributed by atoms with van der Waals surface area (Å²) in [5.41, 5.74) is 1.85. The quantitative estimate of drug-likeness (QED) is 0.418. The maximum absolute atomic E-state index is 13.1. The van der Waals surface area contributed by atoms with Gasteiger partial charge in [0.2, 0.25) is 5.78 Å². The van der Waals surface area contributed by atoms with E-state index in [9.17, 15) is 19.2 Å². The van der Waals surface area contributed by atoms with Crippen LogP contribution in [0.5, 0.6) is 0 Å². The van der Waals surface area contributed by atoms with Crippen molar-refractivity contribution in [2.75, 3.05) is 13.2 Å². The average molecular weight is 486 g/mol. The number of aromatic nitrogens is 3. The van der Waals surface area contributed by atoms with Crippen LogP contribution in [0.1, 0.15) is 79.3 Å². The minimum Gasteiger partial charge on any atom is -0.461 e. The largest absolute Gasteiger partial charge is 0.461 e. The van der Waals surface area contributed by atoms with Crippen LogP contribution in [0.25, 0.3) is 10.2 Å². The molecule has 34 heavy (non-hydrogen) atoms. The maximum atomic E-state index is 13.1. The number of H-pyrrole nitrogens is 1. The Morgan fingerprint density at radius 1 is 1.06 bits per heavy atom. The van der Waals surface area contributed by atoms with Crippen molar-refractivity contribution in [2.24, 2.45) is 0 Å². The van der Waals surface area contributed by atoms with E-state index < -0.39 is 24.3 Å². The number of rotatable bonds is 6. The lowest BCUT2D eigenvalue weighted by molar-refractivity contribution is 0.0477. The third-order valence-electron chi connectivity index (χ3n) is 6.13. The van der Waals surface area contributed by atoms with Crippen molar-refractivity contribution in [2.45, 2.75) is 59.9 Å². The average Bonchev–Trinajstić information content (AvgIpc) is 3.16. The van der Waals surface area contributed by atoms with Gasteiger partial charge in [0.15, 0.2) is 6.61 Å². The molecule has 0 aromatic carbocycles. The fraction of sp³-hybridized carbons (Fsp3) is 0.458. The Labute approximate surface area is 200 Å². The second kappa shape index (κ2) is 9.54. The highest BCUT2D eigenvalue weighted by molar-refractivity contribution is 7.20. The van der Waals surface area contributed by atoms with E-state index in [1.54, 1.807) is 32.3 Å². The zero-order chi connectivity index (χ0) is 24.6. The smallest absolute Gasteiger partial charge is 0.355 e. The maximum Gasteiger partial charge on any atom is 0.355 e. The number of carbonyl (C=O) groups excluding carboxylic acids is 3. The summed E-state index contributed by atoms with van der Waals surface area (Å²) in [5.74, 6) is -0.900. The molecule has 1 N–H and O–H groups in total. The van der Waals surface area contributed by atoms with Gasteiger partial charge in [0.1, 0.15) is 21.2 Å². The van der Waals surface area contributed by atoms with Gasteiger partial charge >= 0.3 is 11.9 Å². The summed E-state index contributed by atoms with van der Waals surface area (Å²) in [5, 5.41) is 0.435. The molecule has 180 valence electrons. The van der Waals surface area contributed by atoms with Crippen molar-refractivity contribution < 1.29 is 23.9 Å². The standard InChI is InChI=1S/C24H27N3O6S/c1-5-32-23(30)19-12(2)17(14(4)25-19)15(28)11-33-24(31)20-13(3)18-21(34-20)26-16-9-7-6-8-10-27(16)22(18)29/h25H,5-11H2,1-4H3. The van der Waals surface area contributed by atoms with E-state index in [0.29, 0.717) is 39.1 Å². The van der Waals surface area contributed by atoms with Gasteiger partial charge in [-0.05, 0) is 51.7 Å². The molecule has 9 nitrogen and oxygen atoms in total. The number of ketones is 1. The summed E-state index contributed by atoms with van der Waals surface area (Å²) >= 11 is 1.12. The Kier molecular flexibility index (Phi) is 6.70. The van der Waals surface area contributed by atoms with Crippen molar-refractivity contribution in [3.8, 4) is 0 Å². The number of hydrogen-bond donors (Lipinski definition) is 1. The number of aryl methyl sites for hydroxylation is 3. The van der Waals surface area contributed by atoms with E-state index >= 15 is 0 Å². The molecule has 0 aliphatic carbocycles. The number of nitrogens with zero attached hydrogens (tertiary/aromatic N) is 2. The molecule has 0 amide bonds. The normalized spacial score (nSPS) is 13.4. The lowest BCUT2D eigenvalue weighted by Crippen LogP contribution is -2.24. The number of thiophene rings is 1. The zero-order valence-electron chi connectivity index (χ0n) is 19.7. The molecule has 0 saturated carbocycles. The van der Waals surface area contributed by atoms with Gasteiger partial charge in [0, 0.05) is 24.2 Å². The highest BCUT2D eigenvalue weighted by atomic mass is 32.1. The van der Waals surface area contributed by atoms with Gasteiger partial charge in [0.05, 0.1) is 12.0 Å². The molecule has 0 bridgehead atoms. The van der Waals surface area contributed by atoms with Crippen molar-refractivity contribution in [1.29, 1.82) is 0 Å². The minimum atomic E-state index is -0.676. The molecule has 0 unspecified atom stereocenters. The molecular formula is C24H27N3O6S. The second-order valence-electron chi connectivity index (χ2n) is 8.38. The van der Waals surface area contributed by atoms with Gasteiger partial charge in [-0.15, -0.1) is 11.3 Å². The first-order chi connectivity index (χ1) is 16.2. The van der Waals surface area contributed by atoms with E-state index in [4.69, 9.17) is 9.47 Å². The second-order valence-corrected chi connectivity index (χ2v) is 9.38. The summed E-state index contributed by atoms with van der Waals surface area (Å²) in [7, 11) is 0. The summed E-state index contributed by atoms with van der Waals surface area (Å²) in [6.07, 6.45) is 3.70. The van der Waals surface area contributed by atoms with E-state index in [-0.39, 0.29) is 22.7 Å². The molecule has 10 heteroatoms. The third-order valence-corrected chi connectivity index (χ3v) is 7.29. The van der Waals surface area contributed by atoms with Crippen molar-refractivity contribution in [1.82, 2.24) is 14.5 Å². The number of hydrogen-bond acceptors (Lipinski definition) is 8. The minimum absolute atomic E-state index is 0.129. The number of carbonyl (C=O) groups is 3. The Morgan fingerprint density at radius 3 is 2.56 bits per heavy atom. The van der Waals surface area contributed by atoms with Gasteiger partial charge in [0.25, 0.3) is 5.56 Å². The summed E-state index contributed by atoms with van der Waals surface area (Å²) in [6, 6.07) is 0. The van der Waals surface area contributed by atoms with Crippen molar-refractivity contribution >= 4 is 39.3 Å². The predicted molar refractivity (Wildman–Crippen MR) is 127 cm³/mol. The van der Waals surface area contributed by atoms with Gasteiger partial charge in [-0.2, -0.15) is 0 Å².